The van der Waals surface area contributed by atoms with Gasteiger partial charge in [-0.2, -0.15) is 0 Å². The Labute approximate surface area is 207 Å². The van der Waals surface area contributed by atoms with E-state index in [0.717, 1.165) is 31.6 Å². The van der Waals surface area contributed by atoms with Gasteiger partial charge in [0.05, 0.1) is 10.5 Å². The third-order valence-corrected chi connectivity index (χ3v) is 6.68. The predicted molar refractivity (Wildman–Crippen MR) is 134 cm³/mol. The molecule has 5 rings (SSSR count). The van der Waals surface area contributed by atoms with Gasteiger partial charge in [-0.25, -0.2) is 0 Å². The fourth-order valence-electron chi connectivity index (χ4n) is 4.84. The van der Waals surface area contributed by atoms with Gasteiger partial charge in [-0.05, 0) is 74.7 Å². The van der Waals surface area contributed by atoms with E-state index < -0.39 is 28.4 Å². The molecule has 2 saturated heterocycles. The molecule has 184 valence electrons. The van der Waals surface area contributed by atoms with Crippen LogP contribution in [-0.2, 0) is 9.59 Å². The number of ketones is 1. The molecule has 9 heteroatoms. The van der Waals surface area contributed by atoms with Crippen molar-refractivity contribution in [3.63, 3.8) is 0 Å². The quantitative estimate of drug-likeness (QED) is 0.175. The summed E-state index contributed by atoms with van der Waals surface area (Å²) in [5.41, 5.74) is 1.45. The molecule has 9 nitrogen and oxygen atoms in total. The van der Waals surface area contributed by atoms with E-state index in [4.69, 9.17) is 4.42 Å². The zero-order valence-corrected chi connectivity index (χ0v) is 19.7. The summed E-state index contributed by atoms with van der Waals surface area (Å²) in [6.07, 6.45) is 3.49. The van der Waals surface area contributed by atoms with Gasteiger partial charge in [0.2, 0.25) is 0 Å². The number of aliphatic hydroxyl groups is 1. The van der Waals surface area contributed by atoms with E-state index in [-0.39, 0.29) is 16.8 Å². The lowest BCUT2D eigenvalue weighted by atomic mass is 9.99. The van der Waals surface area contributed by atoms with Crippen LogP contribution in [0.2, 0.25) is 0 Å². The van der Waals surface area contributed by atoms with Gasteiger partial charge in [-0.1, -0.05) is 0 Å². The molecule has 1 N–H and O–H groups in total. The van der Waals surface area contributed by atoms with Crippen LogP contribution in [0.4, 0.5) is 17.1 Å². The molecule has 1 atom stereocenters. The van der Waals surface area contributed by atoms with Gasteiger partial charge < -0.3 is 14.4 Å². The molecule has 0 radical (unpaired) electrons. The van der Waals surface area contributed by atoms with Crippen molar-refractivity contribution in [3.8, 4) is 0 Å². The summed E-state index contributed by atoms with van der Waals surface area (Å²) < 4.78 is 5.81. The number of anilines is 2. The van der Waals surface area contributed by atoms with E-state index in [0.29, 0.717) is 17.2 Å². The number of nitro groups is 1. The second-order valence-corrected chi connectivity index (χ2v) is 8.99. The van der Waals surface area contributed by atoms with Crippen molar-refractivity contribution in [3.05, 3.63) is 93.4 Å². The van der Waals surface area contributed by atoms with Gasteiger partial charge in [0.1, 0.15) is 23.3 Å². The average molecular weight is 488 g/mol. The van der Waals surface area contributed by atoms with Gasteiger partial charge in [-0.15, -0.1) is 0 Å². The molecule has 1 unspecified atom stereocenters. The highest BCUT2D eigenvalue weighted by Gasteiger charge is 2.48. The number of hydrogen-bond acceptors (Lipinski definition) is 7. The summed E-state index contributed by atoms with van der Waals surface area (Å²) in [7, 11) is 0. The van der Waals surface area contributed by atoms with Crippen LogP contribution in [0.25, 0.3) is 5.76 Å². The molecule has 0 bridgehead atoms. The second-order valence-electron chi connectivity index (χ2n) is 8.99. The van der Waals surface area contributed by atoms with Crippen molar-refractivity contribution in [2.45, 2.75) is 32.2 Å². The first-order chi connectivity index (χ1) is 17.3. The number of carbonyl (C=O) groups is 2. The zero-order chi connectivity index (χ0) is 25.4. The molecule has 0 spiro atoms. The van der Waals surface area contributed by atoms with Crippen LogP contribution in [0.1, 0.15) is 42.4 Å². The summed E-state index contributed by atoms with van der Waals surface area (Å²) in [5, 5.41) is 22.1. The molecule has 0 aliphatic carbocycles. The standard InChI is InChI=1S/C27H25N3O6/c1-17-5-14-22(36-17)24-23(25(31)18-6-8-21(9-7-18)30(34)35)26(32)27(33)29(24)20-12-10-19(11-13-20)28-15-3-2-4-16-28/h5-14,24,31H,2-4,15-16H2,1H3/b25-23-. The van der Waals surface area contributed by atoms with Crippen LogP contribution in [0, 0.1) is 17.0 Å². The lowest BCUT2D eigenvalue weighted by molar-refractivity contribution is -0.384. The molecule has 1 aromatic heterocycles. The minimum atomic E-state index is -0.991. The Morgan fingerprint density at radius 1 is 0.944 bits per heavy atom. The third-order valence-electron chi connectivity index (χ3n) is 6.68. The number of furan rings is 1. The number of benzene rings is 2. The van der Waals surface area contributed by atoms with Crippen LogP contribution in [-0.4, -0.2) is 34.8 Å². The number of piperidine rings is 1. The fraction of sp³-hybridized carbons (Fsp3) is 0.259. The summed E-state index contributed by atoms with van der Waals surface area (Å²) in [5.74, 6) is -1.15. The lowest BCUT2D eigenvalue weighted by Gasteiger charge is -2.29. The minimum absolute atomic E-state index is 0.136. The smallest absolute Gasteiger partial charge is 0.300 e. The van der Waals surface area contributed by atoms with Gasteiger partial charge >= 0.3 is 0 Å². The molecule has 0 saturated carbocycles. The number of nitro benzene ring substituents is 1. The van der Waals surface area contributed by atoms with E-state index in [1.807, 2.05) is 12.1 Å². The van der Waals surface area contributed by atoms with Gasteiger partial charge in [-0.3, -0.25) is 24.6 Å². The summed E-state index contributed by atoms with van der Waals surface area (Å²) >= 11 is 0. The molecular weight excluding hydrogens is 462 g/mol. The zero-order valence-electron chi connectivity index (χ0n) is 19.7. The van der Waals surface area contributed by atoms with E-state index >= 15 is 0 Å². The molecular formula is C27H25N3O6. The van der Waals surface area contributed by atoms with Crippen molar-refractivity contribution in [2.24, 2.45) is 0 Å². The number of rotatable bonds is 5. The third kappa shape index (κ3) is 4.13. The highest BCUT2D eigenvalue weighted by atomic mass is 16.6. The minimum Gasteiger partial charge on any atom is -0.507 e. The topological polar surface area (TPSA) is 117 Å². The summed E-state index contributed by atoms with van der Waals surface area (Å²) in [4.78, 5) is 40.6. The Bertz CT molecular complexity index is 1350. The van der Waals surface area contributed by atoms with Crippen LogP contribution in [0.5, 0.6) is 0 Å². The largest absolute Gasteiger partial charge is 0.507 e. The average Bonchev–Trinajstić information content (AvgIpc) is 3.44. The predicted octanol–water partition coefficient (Wildman–Crippen LogP) is 5.11. The maximum absolute atomic E-state index is 13.3. The monoisotopic (exact) mass is 487 g/mol. The molecule has 3 aromatic rings. The Balaban J connectivity index is 1.57. The van der Waals surface area contributed by atoms with Crippen molar-refractivity contribution in [1.29, 1.82) is 0 Å². The van der Waals surface area contributed by atoms with Gasteiger partial charge in [0.15, 0.2) is 0 Å². The molecule has 2 aromatic carbocycles. The number of nitrogens with zero attached hydrogens (tertiary/aromatic N) is 3. The van der Waals surface area contributed by atoms with E-state index in [9.17, 15) is 24.8 Å². The Morgan fingerprint density at radius 3 is 2.17 bits per heavy atom. The number of carbonyl (C=O) groups excluding carboxylic acids is 2. The van der Waals surface area contributed by atoms with Crippen molar-refractivity contribution in [1.82, 2.24) is 0 Å². The van der Waals surface area contributed by atoms with Gasteiger partial charge in [0.25, 0.3) is 17.4 Å². The first-order valence-electron chi connectivity index (χ1n) is 11.8. The maximum Gasteiger partial charge on any atom is 0.300 e. The number of aliphatic hydroxyl groups excluding tert-OH is 1. The number of aryl methyl sites for hydroxylation is 1. The number of Topliss-reactive ketones (excluding diaryl/α,β-unsaturated/α-hetero) is 1. The Kier molecular flexibility index (Phi) is 6.05. The Morgan fingerprint density at radius 2 is 1.58 bits per heavy atom. The molecule has 1 amide bonds. The fourth-order valence-corrected chi connectivity index (χ4v) is 4.84. The van der Waals surface area contributed by atoms with E-state index in [2.05, 4.69) is 4.90 Å². The first kappa shape index (κ1) is 23.3. The lowest BCUT2D eigenvalue weighted by Crippen LogP contribution is -2.30. The highest BCUT2D eigenvalue weighted by Crippen LogP contribution is 2.43. The SMILES string of the molecule is Cc1ccc(C2/C(=C(/O)c3ccc([N+](=O)[O-])cc3)C(=O)C(=O)N2c2ccc(N3CCCCC3)cc2)o1. The van der Waals surface area contributed by atoms with E-state index in [1.165, 1.54) is 35.6 Å². The van der Waals surface area contributed by atoms with Crippen molar-refractivity contribution in [2.75, 3.05) is 22.9 Å². The first-order valence-corrected chi connectivity index (χ1v) is 11.8. The van der Waals surface area contributed by atoms with Crippen LogP contribution in [0.15, 0.2) is 70.7 Å². The molecule has 36 heavy (non-hydrogen) atoms. The molecule has 3 heterocycles. The van der Waals surface area contributed by atoms with Crippen LogP contribution >= 0.6 is 0 Å². The molecule has 2 aliphatic heterocycles. The Hall–Kier alpha value is -4.40. The highest BCUT2D eigenvalue weighted by molar-refractivity contribution is 6.51. The number of non-ortho nitro benzene ring substituents is 1. The van der Waals surface area contributed by atoms with Crippen LogP contribution in [0.3, 0.4) is 0 Å². The summed E-state index contributed by atoms with van der Waals surface area (Å²) in [6.45, 7) is 3.70. The normalized spacial score (nSPS) is 19.6. The van der Waals surface area contributed by atoms with E-state index in [1.54, 1.807) is 31.2 Å². The second kappa shape index (κ2) is 9.33. The van der Waals surface area contributed by atoms with Crippen molar-refractivity contribution >= 4 is 34.5 Å². The number of hydrogen-bond donors (Lipinski definition) is 1. The maximum atomic E-state index is 13.3. The molecule has 2 aliphatic rings. The van der Waals surface area contributed by atoms with Gasteiger partial charge in [0, 0.05) is 42.2 Å². The summed E-state index contributed by atoms with van der Waals surface area (Å²) in [6, 6.07) is 15.0. The number of amides is 1. The molecule has 2 fully saturated rings. The van der Waals surface area contributed by atoms with Crippen molar-refractivity contribution < 1.29 is 24.0 Å². The van der Waals surface area contributed by atoms with Crippen LogP contribution < -0.4 is 9.80 Å².